The van der Waals surface area contributed by atoms with Crippen LogP contribution in [-0.4, -0.2) is 57.2 Å². The van der Waals surface area contributed by atoms with E-state index >= 15 is 0 Å². The lowest BCUT2D eigenvalue weighted by atomic mass is 9.97. The molecule has 0 bridgehead atoms. The molecule has 0 saturated carbocycles. The fourth-order valence-electron chi connectivity index (χ4n) is 2.82. The number of likely N-dealkylation sites (tertiary alicyclic amines) is 1. The van der Waals surface area contributed by atoms with E-state index in [2.05, 4.69) is 15.2 Å². The minimum Gasteiger partial charge on any atom is -0.494 e. The SMILES string of the molecule is CN=C(NCCCOc1ccc(F)cc1)N1CCC(C(=O)OC)CC1.I. The van der Waals surface area contributed by atoms with Gasteiger partial charge in [0, 0.05) is 26.7 Å². The van der Waals surface area contributed by atoms with E-state index in [0.29, 0.717) is 12.4 Å². The van der Waals surface area contributed by atoms with Crippen LogP contribution in [0.3, 0.4) is 0 Å². The van der Waals surface area contributed by atoms with Crippen LogP contribution in [0.2, 0.25) is 0 Å². The Labute approximate surface area is 171 Å². The van der Waals surface area contributed by atoms with Gasteiger partial charge in [0.1, 0.15) is 11.6 Å². The van der Waals surface area contributed by atoms with Gasteiger partial charge < -0.3 is 19.7 Å². The number of rotatable bonds is 6. The third kappa shape index (κ3) is 6.97. The summed E-state index contributed by atoms with van der Waals surface area (Å²) in [5.74, 6) is 1.10. The number of methoxy groups -OCH3 is 1. The predicted octanol–water partition coefficient (Wildman–Crippen LogP) is 2.67. The van der Waals surface area contributed by atoms with Crippen LogP contribution in [0.5, 0.6) is 5.75 Å². The van der Waals surface area contributed by atoms with Crippen LogP contribution >= 0.6 is 24.0 Å². The average molecular weight is 479 g/mol. The molecule has 2 rings (SSSR count). The van der Waals surface area contributed by atoms with Gasteiger partial charge >= 0.3 is 5.97 Å². The second kappa shape index (κ2) is 11.9. The lowest BCUT2D eigenvalue weighted by molar-refractivity contribution is -0.146. The maximum atomic E-state index is 12.8. The Hall–Kier alpha value is -1.58. The van der Waals surface area contributed by atoms with Crippen molar-refractivity contribution in [2.45, 2.75) is 19.3 Å². The van der Waals surface area contributed by atoms with Crippen molar-refractivity contribution in [3.05, 3.63) is 30.1 Å². The van der Waals surface area contributed by atoms with E-state index < -0.39 is 0 Å². The minimum atomic E-state index is -0.270. The molecule has 0 unspecified atom stereocenters. The third-order valence-corrected chi connectivity index (χ3v) is 4.23. The molecule has 1 heterocycles. The number of benzene rings is 1. The monoisotopic (exact) mass is 479 g/mol. The molecule has 0 radical (unpaired) electrons. The molecule has 26 heavy (non-hydrogen) atoms. The molecule has 8 heteroatoms. The third-order valence-electron chi connectivity index (χ3n) is 4.23. The first-order valence-electron chi connectivity index (χ1n) is 8.56. The summed E-state index contributed by atoms with van der Waals surface area (Å²) in [6.07, 6.45) is 2.36. The van der Waals surface area contributed by atoms with Crippen molar-refractivity contribution in [1.82, 2.24) is 10.2 Å². The Bertz CT molecular complexity index is 576. The maximum absolute atomic E-state index is 12.8. The highest BCUT2D eigenvalue weighted by molar-refractivity contribution is 14.0. The zero-order chi connectivity index (χ0) is 18.1. The number of guanidine groups is 1. The molecule has 6 nitrogen and oxygen atoms in total. The van der Waals surface area contributed by atoms with Crippen molar-refractivity contribution in [3.8, 4) is 5.75 Å². The average Bonchev–Trinajstić information content (AvgIpc) is 2.65. The number of hydrogen-bond acceptors (Lipinski definition) is 4. The molecule has 1 fully saturated rings. The lowest BCUT2D eigenvalue weighted by Crippen LogP contribution is -2.47. The standard InChI is InChI=1S/C18H26FN3O3.HI/c1-20-18(22-11-8-14(9-12-22)17(23)24-2)21-10-3-13-25-16-6-4-15(19)5-7-16;/h4-7,14H,3,8-13H2,1-2H3,(H,20,21);1H. The largest absolute Gasteiger partial charge is 0.494 e. The zero-order valence-electron chi connectivity index (χ0n) is 15.2. The summed E-state index contributed by atoms with van der Waals surface area (Å²) in [7, 11) is 3.19. The van der Waals surface area contributed by atoms with Crippen molar-refractivity contribution >= 4 is 35.9 Å². The molecule has 1 saturated heterocycles. The highest BCUT2D eigenvalue weighted by atomic mass is 127. The van der Waals surface area contributed by atoms with Gasteiger partial charge in [-0.25, -0.2) is 4.39 Å². The molecule has 0 amide bonds. The van der Waals surface area contributed by atoms with Gasteiger partial charge in [-0.1, -0.05) is 0 Å². The normalized spacial score (nSPS) is 15.2. The van der Waals surface area contributed by atoms with Crippen LogP contribution in [-0.2, 0) is 9.53 Å². The molecule has 1 aliphatic heterocycles. The topological polar surface area (TPSA) is 63.2 Å². The quantitative estimate of drug-likeness (QED) is 0.224. The van der Waals surface area contributed by atoms with Crippen molar-refractivity contribution in [2.75, 3.05) is 40.4 Å². The fourth-order valence-corrected chi connectivity index (χ4v) is 2.82. The molecule has 1 aromatic rings. The molecular formula is C18H27FIN3O3. The molecule has 1 N–H and O–H groups in total. The van der Waals surface area contributed by atoms with Crippen LogP contribution in [0.1, 0.15) is 19.3 Å². The van der Waals surface area contributed by atoms with Crippen molar-refractivity contribution < 1.29 is 18.7 Å². The number of ether oxygens (including phenoxy) is 2. The number of piperidine rings is 1. The summed E-state index contributed by atoms with van der Waals surface area (Å²) in [4.78, 5) is 18.0. The summed E-state index contributed by atoms with van der Waals surface area (Å²) in [6, 6.07) is 6.00. The highest BCUT2D eigenvalue weighted by Gasteiger charge is 2.26. The predicted molar refractivity (Wildman–Crippen MR) is 110 cm³/mol. The van der Waals surface area contributed by atoms with E-state index in [1.165, 1.54) is 19.2 Å². The number of aliphatic imine (C=N–C) groups is 1. The van der Waals surface area contributed by atoms with E-state index in [-0.39, 0.29) is 41.7 Å². The van der Waals surface area contributed by atoms with Crippen LogP contribution in [0.4, 0.5) is 4.39 Å². The van der Waals surface area contributed by atoms with Gasteiger partial charge in [0.25, 0.3) is 0 Å². The molecule has 1 aromatic carbocycles. The van der Waals surface area contributed by atoms with E-state index in [1.54, 1.807) is 19.2 Å². The van der Waals surface area contributed by atoms with Crippen molar-refractivity contribution in [2.24, 2.45) is 10.9 Å². The van der Waals surface area contributed by atoms with Crippen LogP contribution in [0.15, 0.2) is 29.3 Å². The molecular weight excluding hydrogens is 452 g/mol. The van der Waals surface area contributed by atoms with Gasteiger partial charge in [-0.3, -0.25) is 9.79 Å². The van der Waals surface area contributed by atoms with E-state index in [1.807, 2.05) is 0 Å². The first-order chi connectivity index (χ1) is 12.1. The second-order valence-corrected chi connectivity index (χ2v) is 5.91. The zero-order valence-corrected chi connectivity index (χ0v) is 17.6. The number of carbonyl (C=O) groups is 1. The summed E-state index contributed by atoms with van der Waals surface area (Å²) in [6.45, 7) is 2.84. The molecule has 1 aliphatic rings. The van der Waals surface area contributed by atoms with Crippen LogP contribution in [0, 0.1) is 11.7 Å². The Kier molecular flexibility index (Phi) is 10.3. The first-order valence-corrected chi connectivity index (χ1v) is 8.56. The van der Waals surface area contributed by atoms with Gasteiger partial charge in [0.05, 0.1) is 19.6 Å². The summed E-state index contributed by atoms with van der Waals surface area (Å²) < 4.78 is 23.2. The van der Waals surface area contributed by atoms with Crippen LogP contribution < -0.4 is 10.1 Å². The number of halogens is 2. The minimum absolute atomic E-state index is 0. The van der Waals surface area contributed by atoms with Gasteiger partial charge in [-0.05, 0) is 43.5 Å². The summed E-state index contributed by atoms with van der Waals surface area (Å²) in [5.41, 5.74) is 0. The fraction of sp³-hybridized carbons (Fsp3) is 0.556. The smallest absolute Gasteiger partial charge is 0.308 e. The van der Waals surface area contributed by atoms with E-state index in [4.69, 9.17) is 9.47 Å². The van der Waals surface area contributed by atoms with E-state index in [0.717, 1.165) is 44.9 Å². The number of nitrogens with zero attached hydrogens (tertiary/aromatic N) is 2. The second-order valence-electron chi connectivity index (χ2n) is 5.91. The molecule has 146 valence electrons. The molecule has 0 aromatic heterocycles. The molecule has 0 atom stereocenters. The van der Waals surface area contributed by atoms with Crippen LogP contribution in [0.25, 0.3) is 0 Å². The summed E-state index contributed by atoms with van der Waals surface area (Å²) in [5, 5.41) is 3.31. The van der Waals surface area contributed by atoms with Crippen molar-refractivity contribution in [3.63, 3.8) is 0 Å². The Morgan fingerprint density at radius 2 is 1.96 bits per heavy atom. The molecule has 0 spiro atoms. The Morgan fingerprint density at radius 3 is 2.54 bits per heavy atom. The summed E-state index contributed by atoms with van der Waals surface area (Å²) >= 11 is 0. The maximum Gasteiger partial charge on any atom is 0.308 e. The number of nitrogens with one attached hydrogen (secondary N) is 1. The van der Waals surface area contributed by atoms with Gasteiger partial charge in [-0.2, -0.15) is 0 Å². The van der Waals surface area contributed by atoms with Crippen molar-refractivity contribution in [1.29, 1.82) is 0 Å². The van der Waals surface area contributed by atoms with Gasteiger partial charge in [0.2, 0.25) is 0 Å². The van der Waals surface area contributed by atoms with E-state index in [9.17, 15) is 9.18 Å². The Morgan fingerprint density at radius 1 is 1.31 bits per heavy atom. The number of hydrogen-bond donors (Lipinski definition) is 1. The Balaban J connectivity index is 0.00000338. The number of esters is 1. The lowest BCUT2D eigenvalue weighted by Gasteiger charge is -2.33. The van der Waals surface area contributed by atoms with Gasteiger partial charge in [0.15, 0.2) is 5.96 Å². The number of carbonyl (C=O) groups excluding carboxylic acids is 1. The van der Waals surface area contributed by atoms with Gasteiger partial charge in [-0.15, -0.1) is 24.0 Å². The first kappa shape index (κ1) is 22.5. The molecule has 0 aliphatic carbocycles. The highest BCUT2D eigenvalue weighted by Crippen LogP contribution is 2.18.